The molecule has 0 aromatic heterocycles. The molecule has 0 aliphatic carbocycles. The highest BCUT2D eigenvalue weighted by Crippen LogP contribution is 2.44. The lowest BCUT2D eigenvalue weighted by molar-refractivity contribution is 0.454. The second kappa shape index (κ2) is 2.00. The van der Waals surface area contributed by atoms with E-state index in [-0.39, 0.29) is 5.41 Å². The molecule has 2 aliphatic heterocycles. The summed E-state index contributed by atoms with van der Waals surface area (Å²) < 4.78 is 0. The minimum absolute atomic E-state index is 0.242. The molecular formula is C10H14N2. The van der Waals surface area contributed by atoms with E-state index < -0.39 is 0 Å². The Hall–Kier alpha value is -1.05. The Morgan fingerprint density at radius 1 is 1.58 bits per heavy atom. The number of nitrogens with zero attached hydrogens (tertiary/aromatic N) is 1. The van der Waals surface area contributed by atoms with Crippen LogP contribution < -0.4 is 0 Å². The van der Waals surface area contributed by atoms with Crippen LogP contribution in [0.15, 0.2) is 24.0 Å². The maximum atomic E-state index is 7.61. The number of hydrogen-bond acceptors (Lipinski definition) is 2. The van der Waals surface area contributed by atoms with Gasteiger partial charge in [-0.25, -0.2) is 0 Å². The Morgan fingerprint density at radius 2 is 2.25 bits per heavy atom. The van der Waals surface area contributed by atoms with Crippen molar-refractivity contribution < 1.29 is 0 Å². The Kier molecular flexibility index (Phi) is 1.27. The zero-order valence-corrected chi connectivity index (χ0v) is 7.65. The first kappa shape index (κ1) is 7.59. The van der Waals surface area contributed by atoms with Crippen molar-refractivity contribution in [2.75, 3.05) is 6.54 Å². The summed E-state index contributed by atoms with van der Waals surface area (Å²) in [7, 11) is 0. The van der Waals surface area contributed by atoms with Crippen molar-refractivity contribution in [2.24, 2.45) is 5.41 Å². The summed E-state index contributed by atoms with van der Waals surface area (Å²) in [5, 5.41) is 7.61. The van der Waals surface area contributed by atoms with Crippen LogP contribution in [0.4, 0.5) is 0 Å². The standard InChI is InChI=1S/C10H14N2/c1-7-8(11)6-9-10(2,3)4-5-12(7)9/h6,11H,1,4-5H2,2-3H3. The van der Waals surface area contributed by atoms with Crippen LogP contribution in [0.2, 0.25) is 0 Å². The van der Waals surface area contributed by atoms with Gasteiger partial charge in [0.15, 0.2) is 0 Å². The van der Waals surface area contributed by atoms with Gasteiger partial charge < -0.3 is 4.90 Å². The van der Waals surface area contributed by atoms with Crippen molar-refractivity contribution >= 4 is 5.71 Å². The molecule has 2 heterocycles. The smallest absolute Gasteiger partial charge is 0.0788 e. The van der Waals surface area contributed by atoms with E-state index in [9.17, 15) is 0 Å². The van der Waals surface area contributed by atoms with Gasteiger partial charge in [0, 0.05) is 17.7 Å². The quantitative estimate of drug-likeness (QED) is 0.580. The molecule has 1 N–H and O–H groups in total. The van der Waals surface area contributed by atoms with E-state index in [1.54, 1.807) is 0 Å². The molecule has 2 aliphatic rings. The molecule has 0 radical (unpaired) electrons. The van der Waals surface area contributed by atoms with E-state index in [0.717, 1.165) is 12.2 Å². The first-order valence-corrected chi connectivity index (χ1v) is 4.30. The fourth-order valence-corrected chi connectivity index (χ4v) is 1.92. The van der Waals surface area contributed by atoms with Crippen LogP contribution in [-0.2, 0) is 0 Å². The first-order chi connectivity index (χ1) is 5.52. The molecule has 0 spiro atoms. The second-order valence-electron chi connectivity index (χ2n) is 4.18. The van der Waals surface area contributed by atoms with Crippen LogP contribution in [-0.4, -0.2) is 17.2 Å². The van der Waals surface area contributed by atoms with Crippen molar-refractivity contribution in [3.63, 3.8) is 0 Å². The molecule has 0 amide bonds. The van der Waals surface area contributed by atoms with Gasteiger partial charge in [-0.2, -0.15) is 0 Å². The molecule has 0 atom stereocenters. The summed E-state index contributed by atoms with van der Waals surface area (Å²) in [4.78, 5) is 2.17. The lowest BCUT2D eigenvalue weighted by Crippen LogP contribution is -2.16. The first-order valence-electron chi connectivity index (χ1n) is 4.30. The molecule has 0 bridgehead atoms. The monoisotopic (exact) mass is 162 g/mol. The van der Waals surface area contributed by atoms with Gasteiger partial charge in [0.2, 0.25) is 0 Å². The van der Waals surface area contributed by atoms with Crippen LogP contribution >= 0.6 is 0 Å². The molecule has 0 aromatic carbocycles. The Labute approximate surface area is 73.1 Å². The second-order valence-corrected chi connectivity index (χ2v) is 4.18. The average molecular weight is 162 g/mol. The lowest BCUT2D eigenvalue weighted by atomic mass is 9.89. The highest BCUT2D eigenvalue weighted by Gasteiger charge is 2.39. The summed E-state index contributed by atoms with van der Waals surface area (Å²) in [5.41, 5.74) is 2.97. The summed E-state index contributed by atoms with van der Waals surface area (Å²) in [5.74, 6) is 0. The summed E-state index contributed by atoms with van der Waals surface area (Å²) in [6, 6.07) is 0. The zero-order valence-electron chi connectivity index (χ0n) is 7.65. The van der Waals surface area contributed by atoms with Gasteiger partial charge in [0.25, 0.3) is 0 Å². The van der Waals surface area contributed by atoms with E-state index in [2.05, 4.69) is 25.3 Å². The SMILES string of the molecule is C=C1C(=N)C=C2N1CCC2(C)C. The van der Waals surface area contributed by atoms with E-state index >= 15 is 0 Å². The third-order valence-corrected chi connectivity index (χ3v) is 2.86. The lowest BCUT2D eigenvalue weighted by Gasteiger charge is -2.20. The molecular weight excluding hydrogens is 148 g/mol. The largest absolute Gasteiger partial charge is 0.343 e. The summed E-state index contributed by atoms with van der Waals surface area (Å²) >= 11 is 0. The fraction of sp³-hybridized carbons (Fsp3) is 0.500. The van der Waals surface area contributed by atoms with Gasteiger partial charge in [-0.05, 0) is 12.5 Å². The van der Waals surface area contributed by atoms with Crippen LogP contribution in [0.5, 0.6) is 0 Å². The van der Waals surface area contributed by atoms with Gasteiger partial charge in [0.1, 0.15) is 0 Å². The number of allylic oxidation sites excluding steroid dienone is 2. The number of rotatable bonds is 0. The molecule has 12 heavy (non-hydrogen) atoms. The fourth-order valence-electron chi connectivity index (χ4n) is 1.92. The number of nitrogens with one attached hydrogen (secondary N) is 1. The van der Waals surface area contributed by atoms with Crippen LogP contribution in [0.1, 0.15) is 20.3 Å². The van der Waals surface area contributed by atoms with Crippen LogP contribution in [0.25, 0.3) is 0 Å². The zero-order chi connectivity index (χ0) is 8.93. The van der Waals surface area contributed by atoms with Gasteiger partial charge in [-0.15, -0.1) is 0 Å². The third-order valence-electron chi connectivity index (χ3n) is 2.86. The topological polar surface area (TPSA) is 27.1 Å². The molecule has 2 heteroatoms. The van der Waals surface area contributed by atoms with Gasteiger partial charge in [0.05, 0.1) is 11.4 Å². The highest BCUT2D eigenvalue weighted by molar-refractivity contribution is 6.08. The average Bonchev–Trinajstić information content (AvgIpc) is 2.40. The molecule has 1 fully saturated rings. The van der Waals surface area contributed by atoms with Crippen molar-refractivity contribution in [2.45, 2.75) is 20.3 Å². The predicted molar refractivity (Wildman–Crippen MR) is 50.1 cm³/mol. The maximum absolute atomic E-state index is 7.61. The van der Waals surface area contributed by atoms with Crippen molar-refractivity contribution in [3.05, 3.63) is 24.0 Å². The molecule has 0 unspecified atom stereocenters. The summed E-state index contributed by atoms with van der Waals surface area (Å²) in [6.45, 7) is 9.37. The van der Waals surface area contributed by atoms with Crippen LogP contribution in [0, 0.1) is 10.8 Å². The molecule has 64 valence electrons. The third kappa shape index (κ3) is 0.779. The number of hydrogen-bond donors (Lipinski definition) is 1. The van der Waals surface area contributed by atoms with E-state index in [0.29, 0.717) is 5.71 Å². The van der Waals surface area contributed by atoms with E-state index in [1.165, 1.54) is 12.1 Å². The molecule has 0 aromatic rings. The molecule has 0 saturated carbocycles. The normalized spacial score (nSPS) is 26.2. The molecule has 1 saturated heterocycles. The van der Waals surface area contributed by atoms with E-state index in [1.807, 2.05) is 6.08 Å². The number of fused-ring (bicyclic) bond motifs is 1. The molecule has 2 nitrogen and oxygen atoms in total. The van der Waals surface area contributed by atoms with Crippen molar-refractivity contribution in [1.29, 1.82) is 5.41 Å². The minimum atomic E-state index is 0.242. The Bertz CT molecular complexity index is 297. The van der Waals surface area contributed by atoms with E-state index in [4.69, 9.17) is 5.41 Å². The van der Waals surface area contributed by atoms with Crippen molar-refractivity contribution in [1.82, 2.24) is 4.90 Å². The summed E-state index contributed by atoms with van der Waals surface area (Å²) in [6.07, 6.45) is 3.13. The maximum Gasteiger partial charge on any atom is 0.0788 e. The highest BCUT2D eigenvalue weighted by atomic mass is 15.2. The van der Waals surface area contributed by atoms with Gasteiger partial charge in [-0.3, -0.25) is 5.41 Å². The molecule has 2 rings (SSSR count). The van der Waals surface area contributed by atoms with Crippen LogP contribution in [0.3, 0.4) is 0 Å². The Balaban J connectivity index is 2.44. The van der Waals surface area contributed by atoms with Gasteiger partial charge >= 0.3 is 0 Å². The predicted octanol–water partition coefficient (Wildman–Crippen LogP) is 2.15. The Morgan fingerprint density at radius 3 is 2.83 bits per heavy atom. The minimum Gasteiger partial charge on any atom is -0.343 e. The van der Waals surface area contributed by atoms with Crippen molar-refractivity contribution in [3.8, 4) is 0 Å². The van der Waals surface area contributed by atoms with Gasteiger partial charge in [-0.1, -0.05) is 20.4 Å².